The summed E-state index contributed by atoms with van der Waals surface area (Å²) in [4.78, 5) is 4.29. The topological polar surface area (TPSA) is 30.7 Å². The monoisotopic (exact) mass is 175 g/mol. The molecule has 2 aromatic rings. The van der Waals surface area contributed by atoms with Crippen molar-refractivity contribution in [2.45, 2.75) is 19.8 Å². The molecule has 68 valence electrons. The maximum atomic E-state index is 4.29. The number of aromatic nitrogens is 3. The first-order valence-electron chi connectivity index (χ1n) is 4.58. The zero-order valence-corrected chi connectivity index (χ0v) is 7.99. The Labute approximate surface area is 77.4 Å². The van der Waals surface area contributed by atoms with E-state index in [1.165, 1.54) is 5.56 Å². The predicted octanol–water partition coefficient (Wildman–Crippen LogP) is 1.92. The zero-order chi connectivity index (χ0) is 9.26. The summed E-state index contributed by atoms with van der Waals surface area (Å²) in [7, 11) is 1.92. The standard InChI is InChI=1S/C10H13N3/c1-3-4-8-5-9-7-13(2)12-10(9)11-6-8/h5-7H,3-4H2,1-2H3. The highest BCUT2D eigenvalue weighted by Gasteiger charge is 2.00. The largest absolute Gasteiger partial charge is 0.273 e. The van der Waals surface area contributed by atoms with Crippen molar-refractivity contribution in [3.63, 3.8) is 0 Å². The highest BCUT2D eigenvalue weighted by Crippen LogP contribution is 2.11. The van der Waals surface area contributed by atoms with Crippen molar-refractivity contribution >= 4 is 11.0 Å². The fourth-order valence-electron chi connectivity index (χ4n) is 1.50. The van der Waals surface area contributed by atoms with Gasteiger partial charge in [-0.3, -0.25) is 4.68 Å². The summed E-state index contributed by atoms with van der Waals surface area (Å²) in [5.41, 5.74) is 2.13. The minimum absolute atomic E-state index is 0.836. The van der Waals surface area contributed by atoms with E-state index >= 15 is 0 Å². The third-order valence-electron chi connectivity index (χ3n) is 2.07. The molecule has 0 aromatic carbocycles. The second-order valence-corrected chi connectivity index (χ2v) is 3.31. The molecule has 3 nitrogen and oxygen atoms in total. The maximum Gasteiger partial charge on any atom is 0.181 e. The molecule has 0 saturated heterocycles. The number of hydrogen-bond donors (Lipinski definition) is 0. The molecule has 0 saturated carbocycles. The molecule has 2 rings (SSSR count). The number of hydrogen-bond acceptors (Lipinski definition) is 2. The molecule has 2 aromatic heterocycles. The van der Waals surface area contributed by atoms with Crippen LogP contribution in [0.25, 0.3) is 11.0 Å². The molecule has 0 aliphatic heterocycles. The van der Waals surface area contributed by atoms with Crippen LogP contribution in [-0.2, 0) is 13.5 Å². The van der Waals surface area contributed by atoms with Crippen molar-refractivity contribution in [3.8, 4) is 0 Å². The minimum Gasteiger partial charge on any atom is -0.273 e. The Morgan fingerprint density at radius 1 is 1.46 bits per heavy atom. The Morgan fingerprint density at radius 3 is 3.08 bits per heavy atom. The fraction of sp³-hybridized carbons (Fsp3) is 0.400. The van der Waals surface area contributed by atoms with Crippen molar-refractivity contribution in [2.24, 2.45) is 7.05 Å². The summed E-state index contributed by atoms with van der Waals surface area (Å²) in [6, 6.07) is 2.17. The zero-order valence-electron chi connectivity index (χ0n) is 7.99. The van der Waals surface area contributed by atoms with E-state index in [4.69, 9.17) is 0 Å². The van der Waals surface area contributed by atoms with Crippen LogP contribution in [0.15, 0.2) is 18.5 Å². The van der Waals surface area contributed by atoms with Crippen LogP contribution in [0.5, 0.6) is 0 Å². The molecule has 0 atom stereocenters. The van der Waals surface area contributed by atoms with E-state index in [9.17, 15) is 0 Å². The summed E-state index contributed by atoms with van der Waals surface area (Å²) in [6.07, 6.45) is 6.17. The van der Waals surface area contributed by atoms with Crippen LogP contribution in [0.2, 0.25) is 0 Å². The third-order valence-corrected chi connectivity index (χ3v) is 2.07. The Kier molecular flexibility index (Phi) is 2.00. The summed E-state index contributed by atoms with van der Waals surface area (Å²) >= 11 is 0. The van der Waals surface area contributed by atoms with Crippen LogP contribution in [0.4, 0.5) is 0 Å². The summed E-state index contributed by atoms with van der Waals surface area (Å²) in [6.45, 7) is 2.17. The van der Waals surface area contributed by atoms with E-state index < -0.39 is 0 Å². The number of fused-ring (bicyclic) bond motifs is 1. The lowest BCUT2D eigenvalue weighted by Gasteiger charge is -1.95. The normalized spacial score (nSPS) is 10.9. The molecule has 0 amide bonds. The lowest BCUT2D eigenvalue weighted by molar-refractivity contribution is 0.775. The summed E-state index contributed by atoms with van der Waals surface area (Å²) < 4.78 is 1.80. The van der Waals surface area contributed by atoms with Gasteiger partial charge in [0.25, 0.3) is 0 Å². The van der Waals surface area contributed by atoms with Crippen molar-refractivity contribution in [2.75, 3.05) is 0 Å². The molecule has 0 spiro atoms. The average molecular weight is 175 g/mol. The first kappa shape index (κ1) is 8.23. The minimum atomic E-state index is 0.836. The number of nitrogens with zero attached hydrogens (tertiary/aromatic N) is 3. The van der Waals surface area contributed by atoms with Gasteiger partial charge in [-0.1, -0.05) is 13.3 Å². The van der Waals surface area contributed by atoms with Gasteiger partial charge in [-0.05, 0) is 18.1 Å². The number of pyridine rings is 1. The molecule has 0 unspecified atom stereocenters. The van der Waals surface area contributed by atoms with Crippen molar-refractivity contribution in [1.29, 1.82) is 0 Å². The third kappa shape index (κ3) is 1.54. The van der Waals surface area contributed by atoms with Crippen LogP contribution >= 0.6 is 0 Å². The predicted molar refractivity (Wildman–Crippen MR) is 52.5 cm³/mol. The molecule has 0 N–H and O–H groups in total. The van der Waals surface area contributed by atoms with Crippen LogP contribution in [-0.4, -0.2) is 14.8 Å². The van der Waals surface area contributed by atoms with Gasteiger partial charge in [0.15, 0.2) is 5.65 Å². The lowest BCUT2D eigenvalue weighted by Crippen LogP contribution is -1.87. The van der Waals surface area contributed by atoms with Gasteiger partial charge in [-0.2, -0.15) is 5.10 Å². The molecule has 0 fully saturated rings. The van der Waals surface area contributed by atoms with Crippen LogP contribution in [0, 0.1) is 0 Å². The SMILES string of the molecule is CCCc1cnc2nn(C)cc2c1. The Balaban J connectivity index is 2.48. The van der Waals surface area contributed by atoms with Gasteiger partial charge < -0.3 is 0 Å². The quantitative estimate of drug-likeness (QED) is 0.698. The van der Waals surface area contributed by atoms with E-state index in [0.717, 1.165) is 23.9 Å². The lowest BCUT2D eigenvalue weighted by atomic mass is 10.1. The summed E-state index contributed by atoms with van der Waals surface area (Å²) in [5, 5.41) is 5.35. The van der Waals surface area contributed by atoms with Crippen LogP contribution in [0.1, 0.15) is 18.9 Å². The molecular formula is C10H13N3. The molecule has 0 aliphatic carbocycles. The van der Waals surface area contributed by atoms with Gasteiger partial charge in [-0.15, -0.1) is 0 Å². The Bertz CT molecular complexity index is 417. The highest BCUT2D eigenvalue weighted by atomic mass is 15.3. The first-order valence-corrected chi connectivity index (χ1v) is 4.58. The van der Waals surface area contributed by atoms with E-state index in [1.807, 2.05) is 19.4 Å². The second-order valence-electron chi connectivity index (χ2n) is 3.31. The smallest absolute Gasteiger partial charge is 0.181 e. The van der Waals surface area contributed by atoms with Gasteiger partial charge in [0, 0.05) is 24.8 Å². The molecular weight excluding hydrogens is 162 g/mol. The van der Waals surface area contributed by atoms with Gasteiger partial charge in [0.2, 0.25) is 0 Å². The van der Waals surface area contributed by atoms with Crippen molar-refractivity contribution in [1.82, 2.24) is 14.8 Å². The van der Waals surface area contributed by atoms with Crippen LogP contribution < -0.4 is 0 Å². The molecule has 0 bridgehead atoms. The molecule has 3 heteroatoms. The van der Waals surface area contributed by atoms with Gasteiger partial charge in [0.05, 0.1) is 0 Å². The molecule has 0 aliphatic rings. The van der Waals surface area contributed by atoms with Gasteiger partial charge in [0.1, 0.15) is 0 Å². The van der Waals surface area contributed by atoms with Crippen LogP contribution in [0.3, 0.4) is 0 Å². The Hall–Kier alpha value is -1.38. The molecule has 0 radical (unpaired) electrons. The first-order chi connectivity index (χ1) is 6.29. The molecule has 2 heterocycles. The van der Waals surface area contributed by atoms with E-state index in [2.05, 4.69) is 23.1 Å². The highest BCUT2D eigenvalue weighted by molar-refractivity contribution is 5.74. The maximum absolute atomic E-state index is 4.29. The van der Waals surface area contributed by atoms with E-state index in [0.29, 0.717) is 0 Å². The van der Waals surface area contributed by atoms with Crippen molar-refractivity contribution < 1.29 is 0 Å². The Morgan fingerprint density at radius 2 is 2.31 bits per heavy atom. The van der Waals surface area contributed by atoms with Crippen molar-refractivity contribution in [3.05, 3.63) is 24.0 Å². The van der Waals surface area contributed by atoms with E-state index in [1.54, 1.807) is 4.68 Å². The van der Waals surface area contributed by atoms with Gasteiger partial charge in [-0.25, -0.2) is 4.98 Å². The fourth-order valence-corrected chi connectivity index (χ4v) is 1.50. The average Bonchev–Trinajstić information content (AvgIpc) is 2.44. The number of rotatable bonds is 2. The second kappa shape index (κ2) is 3.17. The summed E-state index contributed by atoms with van der Waals surface area (Å²) in [5.74, 6) is 0. The van der Waals surface area contributed by atoms with Gasteiger partial charge >= 0.3 is 0 Å². The van der Waals surface area contributed by atoms with E-state index in [-0.39, 0.29) is 0 Å². The molecule has 13 heavy (non-hydrogen) atoms. The number of aryl methyl sites for hydroxylation is 2.